The largest absolute Gasteiger partial charge is 0.393 e. The van der Waals surface area contributed by atoms with Gasteiger partial charge in [0, 0.05) is 18.3 Å². The number of hydrogen-bond acceptors (Lipinski definition) is 2. The number of nitrogens with one attached hydrogen (secondary N) is 1. The van der Waals surface area contributed by atoms with Crippen molar-refractivity contribution in [3.63, 3.8) is 0 Å². The number of amides is 2. The molecule has 0 spiro atoms. The molecular weight excluding hydrogens is 252 g/mol. The van der Waals surface area contributed by atoms with Crippen LogP contribution < -0.4 is 5.32 Å². The summed E-state index contributed by atoms with van der Waals surface area (Å²) in [5.41, 5.74) is 1.96. The Balaban J connectivity index is 2.02. The molecule has 2 unspecified atom stereocenters. The highest BCUT2D eigenvalue weighted by molar-refractivity contribution is 5.89. The average molecular weight is 276 g/mol. The molecule has 4 nitrogen and oxygen atoms in total. The van der Waals surface area contributed by atoms with Crippen LogP contribution in [0.25, 0.3) is 0 Å². The van der Waals surface area contributed by atoms with E-state index in [2.05, 4.69) is 5.32 Å². The molecule has 4 heteroatoms. The Labute approximate surface area is 120 Å². The SMILES string of the molecule is Cc1cccc(NC(=O)N2CCCCC2CC(C)O)c1. The van der Waals surface area contributed by atoms with Crippen molar-refractivity contribution in [2.45, 2.75) is 51.7 Å². The number of anilines is 1. The fourth-order valence-corrected chi connectivity index (χ4v) is 2.82. The van der Waals surface area contributed by atoms with Gasteiger partial charge in [-0.05, 0) is 57.2 Å². The monoisotopic (exact) mass is 276 g/mol. The van der Waals surface area contributed by atoms with Crippen molar-refractivity contribution in [1.29, 1.82) is 0 Å². The number of aliphatic hydroxyl groups is 1. The number of likely N-dealkylation sites (tertiary alicyclic amines) is 1. The zero-order valence-corrected chi connectivity index (χ0v) is 12.3. The normalized spacial score (nSPS) is 20.6. The van der Waals surface area contributed by atoms with E-state index in [1.54, 1.807) is 6.92 Å². The summed E-state index contributed by atoms with van der Waals surface area (Å²) in [4.78, 5) is 14.3. The van der Waals surface area contributed by atoms with Crippen molar-refractivity contribution in [3.05, 3.63) is 29.8 Å². The Morgan fingerprint density at radius 1 is 1.50 bits per heavy atom. The zero-order valence-electron chi connectivity index (χ0n) is 12.3. The van der Waals surface area contributed by atoms with Crippen LogP contribution in [-0.2, 0) is 0 Å². The number of nitrogens with zero attached hydrogens (tertiary/aromatic N) is 1. The molecule has 1 aromatic rings. The van der Waals surface area contributed by atoms with Crippen molar-refractivity contribution >= 4 is 11.7 Å². The van der Waals surface area contributed by atoms with Gasteiger partial charge in [-0.15, -0.1) is 0 Å². The second-order valence-corrected chi connectivity index (χ2v) is 5.73. The van der Waals surface area contributed by atoms with Gasteiger partial charge in [-0.2, -0.15) is 0 Å². The quantitative estimate of drug-likeness (QED) is 0.891. The molecule has 1 saturated heterocycles. The summed E-state index contributed by atoms with van der Waals surface area (Å²) in [6.45, 7) is 4.56. The number of benzene rings is 1. The number of carbonyl (C=O) groups is 1. The van der Waals surface area contributed by atoms with Gasteiger partial charge in [-0.1, -0.05) is 12.1 Å². The lowest BCUT2D eigenvalue weighted by atomic mass is 9.97. The summed E-state index contributed by atoms with van der Waals surface area (Å²) >= 11 is 0. The predicted molar refractivity (Wildman–Crippen MR) is 80.8 cm³/mol. The lowest BCUT2D eigenvalue weighted by Gasteiger charge is -2.36. The van der Waals surface area contributed by atoms with Gasteiger partial charge in [-0.3, -0.25) is 0 Å². The summed E-state index contributed by atoms with van der Waals surface area (Å²) in [5.74, 6) is 0. The third kappa shape index (κ3) is 3.97. The summed E-state index contributed by atoms with van der Waals surface area (Å²) in [6.07, 6.45) is 3.43. The van der Waals surface area contributed by atoms with Gasteiger partial charge in [0.2, 0.25) is 0 Å². The van der Waals surface area contributed by atoms with Gasteiger partial charge in [0.05, 0.1) is 6.10 Å². The fourth-order valence-electron chi connectivity index (χ4n) is 2.82. The molecule has 110 valence electrons. The van der Waals surface area contributed by atoms with Crippen molar-refractivity contribution in [2.24, 2.45) is 0 Å². The van der Waals surface area contributed by atoms with Crippen LogP contribution in [0.5, 0.6) is 0 Å². The van der Waals surface area contributed by atoms with Crippen LogP contribution in [0.4, 0.5) is 10.5 Å². The molecule has 0 bridgehead atoms. The van der Waals surface area contributed by atoms with Crippen LogP contribution in [0.2, 0.25) is 0 Å². The molecule has 0 aromatic heterocycles. The number of rotatable bonds is 3. The van der Waals surface area contributed by atoms with E-state index in [4.69, 9.17) is 0 Å². The number of piperidine rings is 1. The van der Waals surface area contributed by atoms with Crippen molar-refractivity contribution in [2.75, 3.05) is 11.9 Å². The van der Waals surface area contributed by atoms with E-state index < -0.39 is 0 Å². The number of hydrogen-bond donors (Lipinski definition) is 2. The first-order valence-electron chi connectivity index (χ1n) is 7.38. The van der Waals surface area contributed by atoms with E-state index >= 15 is 0 Å². The van der Waals surface area contributed by atoms with E-state index in [-0.39, 0.29) is 18.2 Å². The molecule has 0 aliphatic carbocycles. The number of urea groups is 1. The van der Waals surface area contributed by atoms with Gasteiger partial charge in [0.25, 0.3) is 0 Å². The van der Waals surface area contributed by atoms with E-state index in [1.807, 2.05) is 36.1 Å². The minimum absolute atomic E-state index is 0.0547. The molecule has 1 fully saturated rings. The topological polar surface area (TPSA) is 52.6 Å². The molecule has 0 saturated carbocycles. The molecule has 1 aromatic carbocycles. The van der Waals surface area contributed by atoms with Crippen LogP contribution in [0.15, 0.2) is 24.3 Å². The predicted octanol–water partition coefficient (Wildman–Crippen LogP) is 3.15. The molecule has 2 amide bonds. The first-order valence-corrected chi connectivity index (χ1v) is 7.38. The Morgan fingerprint density at radius 3 is 3.00 bits per heavy atom. The van der Waals surface area contributed by atoms with E-state index in [1.165, 1.54) is 0 Å². The van der Waals surface area contributed by atoms with Gasteiger partial charge in [0.15, 0.2) is 0 Å². The fraction of sp³-hybridized carbons (Fsp3) is 0.562. The summed E-state index contributed by atoms with van der Waals surface area (Å²) in [5, 5.41) is 12.5. The van der Waals surface area contributed by atoms with Gasteiger partial charge in [-0.25, -0.2) is 4.79 Å². The lowest BCUT2D eigenvalue weighted by Crippen LogP contribution is -2.47. The molecule has 1 heterocycles. The standard InChI is InChI=1S/C16H24N2O2/c1-12-6-5-7-14(10-12)17-16(20)18-9-4-3-8-15(18)11-13(2)19/h5-7,10,13,15,19H,3-4,8-9,11H2,1-2H3,(H,17,20). The maximum atomic E-state index is 12.4. The Morgan fingerprint density at radius 2 is 2.30 bits per heavy atom. The van der Waals surface area contributed by atoms with E-state index in [0.717, 1.165) is 37.1 Å². The number of aryl methyl sites for hydroxylation is 1. The first kappa shape index (κ1) is 14.9. The van der Waals surface area contributed by atoms with Gasteiger partial charge in [0.1, 0.15) is 0 Å². The van der Waals surface area contributed by atoms with Crippen LogP contribution in [-0.4, -0.2) is 34.7 Å². The molecule has 1 aliphatic rings. The Kier molecular flexibility index (Phi) is 5.01. The number of aliphatic hydroxyl groups excluding tert-OH is 1. The van der Waals surface area contributed by atoms with Gasteiger partial charge >= 0.3 is 6.03 Å². The Bertz CT molecular complexity index is 460. The Hall–Kier alpha value is -1.55. The molecule has 2 rings (SSSR count). The summed E-state index contributed by atoms with van der Waals surface area (Å²) < 4.78 is 0. The van der Waals surface area contributed by atoms with Gasteiger partial charge < -0.3 is 15.3 Å². The maximum absolute atomic E-state index is 12.4. The van der Waals surface area contributed by atoms with Crippen molar-refractivity contribution in [1.82, 2.24) is 4.90 Å². The smallest absolute Gasteiger partial charge is 0.322 e. The minimum atomic E-state index is -0.368. The van der Waals surface area contributed by atoms with Crippen molar-refractivity contribution in [3.8, 4) is 0 Å². The van der Waals surface area contributed by atoms with Crippen LogP contribution in [0, 0.1) is 6.92 Å². The van der Waals surface area contributed by atoms with Crippen LogP contribution in [0.1, 0.15) is 38.2 Å². The number of carbonyl (C=O) groups excluding carboxylic acids is 1. The highest BCUT2D eigenvalue weighted by atomic mass is 16.3. The summed E-state index contributed by atoms with van der Waals surface area (Å²) in [7, 11) is 0. The molecule has 2 N–H and O–H groups in total. The third-order valence-corrected chi connectivity index (χ3v) is 3.77. The molecular formula is C16H24N2O2. The van der Waals surface area contributed by atoms with Crippen molar-refractivity contribution < 1.29 is 9.90 Å². The molecule has 0 radical (unpaired) electrons. The zero-order chi connectivity index (χ0) is 14.5. The third-order valence-electron chi connectivity index (χ3n) is 3.77. The summed E-state index contributed by atoms with van der Waals surface area (Å²) in [6, 6.07) is 7.90. The van der Waals surface area contributed by atoms with E-state index in [0.29, 0.717) is 6.42 Å². The maximum Gasteiger partial charge on any atom is 0.322 e. The first-order chi connectivity index (χ1) is 9.56. The second-order valence-electron chi connectivity index (χ2n) is 5.73. The molecule has 1 aliphatic heterocycles. The highest BCUT2D eigenvalue weighted by Crippen LogP contribution is 2.22. The molecule has 20 heavy (non-hydrogen) atoms. The average Bonchev–Trinajstić information content (AvgIpc) is 2.38. The molecule has 2 atom stereocenters. The van der Waals surface area contributed by atoms with Crippen LogP contribution in [0.3, 0.4) is 0 Å². The highest BCUT2D eigenvalue weighted by Gasteiger charge is 2.27. The van der Waals surface area contributed by atoms with Crippen LogP contribution >= 0.6 is 0 Å². The minimum Gasteiger partial charge on any atom is -0.393 e. The van der Waals surface area contributed by atoms with E-state index in [9.17, 15) is 9.90 Å². The lowest BCUT2D eigenvalue weighted by molar-refractivity contribution is 0.108. The second kappa shape index (κ2) is 6.75.